The van der Waals surface area contributed by atoms with Crippen molar-refractivity contribution in [3.8, 4) is 11.9 Å². The summed E-state index contributed by atoms with van der Waals surface area (Å²) in [6.45, 7) is 2.46. The Hall–Kier alpha value is -11.1. The SMILES string of the molecule is C=S(C)(=O)c1cccc(C[C@H](NC(=O)c2c(Cl)cc3c(c2Cl)CCN(C(=O)/C=C/c2c(F)cccc2F)C3)C(=O)O)c1.CS(=O)(=O)c1ccc(C[C@H](NC(=O)c2c(Cl)cc3c(c2Cl)CCN(C(=O)c2ccc(Cl)cc2)C3)C(=O)O)o1.N#CNC(=NC[C@H](NC(=O)c1c(Cl)cc2c(c1Cl)CCN(C(=O)/C=C/c1ccccc1O)C2)C(=O)O)N1CCCC1. The third-order valence-corrected chi connectivity index (χ3v) is 24.3. The number of guanidine groups is 1. The van der Waals surface area contributed by atoms with Crippen LogP contribution in [0.4, 0.5) is 8.78 Å². The molecule has 8 N–H and O–H groups in total. The first-order valence-corrected chi connectivity index (χ1v) is 43.4. The molecule has 121 heavy (non-hydrogen) atoms. The lowest BCUT2D eigenvalue weighted by atomic mass is 9.95. The molecule has 4 atom stereocenters. The van der Waals surface area contributed by atoms with Gasteiger partial charge in [-0.05, 0) is 184 Å². The lowest BCUT2D eigenvalue weighted by molar-refractivity contribution is -0.140. The number of aliphatic imine (C=N–C) groups is 1. The van der Waals surface area contributed by atoms with Crippen molar-refractivity contribution in [3.63, 3.8) is 0 Å². The number of likely N-dealkylation sites (tertiary alicyclic amines) is 1. The lowest BCUT2D eigenvalue weighted by Gasteiger charge is -2.30. The maximum atomic E-state index is 13.9. The number of carbonyl (C=O) groups is 9. The van der Waals surface area contributed by atoms with E-state index in [1.165, 1.54) is 53.6 Å². The molecular formula is C83H75Cl7F2N10O17S2. The van der Waals surface area contributed by atoms with Crippen molar-refractivity contribution in [2.45, 2.75) is 92.7 Å². The maximum Gasteiger partial charge on any atom is 0.328 e. The first-order valence-electron chi connectivity index (χ1n) is 36.8. The largest absolute Gasteiger partial charge is 0.507 e. The minimum absolute atomic E-state index is 0.00598. The molecular weight excluding hydrogens is 1760 g/mol. The Labute approximate surface area is 728 Å². The molecule has 1 fully saturated rings. The number of carboxylic acids is 3. The van der Waals surface area contributed by atoms with Crippen molar-refractivity contribution >= 4 is 178 Å². The predicted octanol–water partition coefficient (Wildman–Crippen LogP) is 12.3. The fourth-order valence-corrected chi connectivity index (χ4v) is 17.2. The van der Waals surface area contributed by atoms with Crippen molar-refractivity contribution in [2.75, 3.05) is 51.8 Å². The normalized spacial score (nSPS) is 15.0. The Morgan fingerprint density at radius 2 is 1.03 bits per heavy atom. The second-order valence-electron chi connectivity index (χ2n) is 28.2. The van der Waals surface area contributed by atoms with E-state index in [4.69, 9.17) is 90.9 Å². The summed E-state index contributed by atoms with van der Waals surface area (Å²) in [5.41, 5.74) is 4.73. The van der Waals surface area contributed by atoms with E-state index in [0.717, 1.165) is 43.4 Å². The number of phenols is 1. The molecule has 6 amide bonds. The fraction of sp³-hybridized carbons (Fsp3) is 0.253. The van der Waals surface area contributed by atoms with Gasteiger partial charge in [0.15, 0.2) is 6.19 Å². The van der Waals surface area contributed by atoms with Crippen molar-refractivity contribution in [2.24, 2.45) is 4.99 Å². The molecule has 1 aromatic heterocycles. The highest BCUT2D eigenvalue weighted by molar-refractivity contribution is 7.99. The number of hydrogen-bond donors (Lipinski definition) is 8. The second kappa shape index (κ2) is 40.5. The summed E-state index contributed by atoms with van der Waals surface area (Å²) < 4.78 is 68.6. The highest BCUT2D eigenvalue weighted by Crippen LogP contribution is 2.39. The topological polar surface area (TPSA) is 396 Å². The minimum atomic E-state index is -3.62. The van der Waals surface area contributed by atoms with Gasteiger partial charge in [-0.15, -0.1) is 0 Å². The van der Waals surface area contributed by atoms with Gasteiger partial charge < -0.3 is 60.4 Å². The molecule has 0 saturated carbocycles. The van der Waals surface area contributed by atoms with E-state index in [0.29, 0.717) is 99.0 Å². The van der Waals surface area contributed by atoms with Crippen molar-refractivity contribution in [1.82, 2.24) is 40.9 Å². The number of sulfone groups is 1. The van der Waals surface area contributed by atoms with Gasteiger partial charge in [0.2, 0.25) is 32.7 Å². The number of nitrogens with one attached hydrogen (secondary N) is 4. The smallest absolute Gasteiger partial charge is 0.328 e. The number of nitriles is 1. The van der Waals surface area contributed by atoms with Gasteiger partial charge in [-0.2, -0.15) is 5.26 Å². The second-order valence-corrected chi connectivity index (χ2v) is 35.4. The van der Waals surface area contributed by atoms with Gasteiger partial charge in [0.25, 0.3) is 23.6 Å². The number of aromatic hydroxyl groups is 1. The van der Waals surface area contributed by atoms with E-state index < -0.39 is 90.7 Å². The summed E-state index contributed by atoms with van der Waals surface area (Å²) in [4.78, 5) is 125. The lowest BCUT2D eigenvalue weighted by Crippen LogP contribution is -2.45. The van der Waals surface area contributed by atoms with Crippen molar-refractivity contribution in [1.29, 1.82) is 5.26 Å². The van der Waals surface area contributed by atoms with Crippen LogP contribution in [0.15, 0.2) is 153 Å². The Bertz CT molecular complexity index is 5810. The number of para-hydroxylation sites is 1. The fourth-order valence-electron chi connectivity index (χ4n) is 13.4. The molecule has 27 nitrogen and oxygen atoms in total. The number of amides is 6. The van der Waals surface area contributed by atoms with Crippen LogP contribution in [0, 0.1) is 23.1 Å². The quantitative estimate of drug-likeness (QED) is 0.00780. The number of halogens is 9. The Balaban J connectivity index is 0.000000191. The molecule has 0 bridgehead atoms. The van der Waals surface area contributed by atoms with E-state index in [-0.39, 0.29) is 139 Å². The average Bonchev–Trinajstić information content (AvgIpc) is 0.898. The average molecular weight is 1830 g/mol. The van der Waals surface area contributed by atoms with Crippen LogP contribution >= 0.6 is 81.2 Å². The van der Waals surface area contributed by atoms with Crippen LogP contribution in [-0.4, -0.2) is 188 Å². The zero-order valence-electron chi connectivity index (χ0n) is 64.1. The number of hydrogen-bond acceptors (Lipinski definition) is 16. The number of carbonyl (C=O) groups excluding carboxylic acids is 6. The summed E-state index contributed by atoms with van der Waals surface area (Å²) >= 11 is 45.0. The van der Waals surface area contributed by atoms with Gasteiger partial charge in [0.1, 0.15) is 41.3 Å². The van der Waals surface area contributed by atoms with Crippen molar-refractivity contribution < 1.29 is 89.4 Å². The van der Waals surface area contributed by atoms with E-state index in [2.05, 4.69) is 32.1 Å². The summed E-state index contributed by atoms with van der Waals surface area (Å²) in [6.07, 6.45) is 11.7. The summed E-state index contributed by atoms with van der Waals surface area (Å²) in [5.74, 6) is -4.85. The summed E-state index contributed by atoms with van der Waals surface area (Å²) in [7, 11) is -6.14. The Morgan fingerprint density at radius 1 is 0.570 bits per heavy atom. The number of carboxylic acid groups (broad SMARTS) is 3. The van der Waals surface area contributed by atoms with Crippen LogP contribution in [0.5, 0.6) is 5.75 Å². The molecule has 0 spiro atoms. The van der Waals surface area contributed by atoms with Crippen molar-refractivity contribution in [3.05, 3.63) is 258 Å². The molecule has 12 rings (SSSR count). The first kappa shape index (κ1) is 92.2. The van der Waals surface area contributed by atoms with Gasteiger partial charge >= 0.3 is 17.9 Å². The number of benzene rings is 7. The number of nitrogens with zero attached hydrogens (tertiary/aromatic N) is 6. The molecule has 38 heteroatoms. The zero-order chi connectivity index (χ0) is 88.1. The molecule has 8 aromatic rings. The van der Waals surface area contributed by atoms with Gasteiger partial charge in [-0.3, -0.25) is 38.3 Å². The number of phenolic OH excluding ortho intramolecular Hbond substituents is 1. The number of rotatable bonds is 22. The number of fused-ring (bicyclic) bond motifs is 3. The van der Waals surface area contributed by atoms with E-state index in [9.17, 15) is 85.0 Å². The van der Waals surface area contributed by atoms with Gasteiger partial charge in [0.05, 0.1) is 53.4 Å². The Kier molecular flexibility index (Phi) is 30.9. The van der Waals surface area contributed by atoms with Crippen LogP contribution in [0.2, 0.25) is 35.2 Å². The summed E-state index contributed by atoms with van der Waals surface area (Å²) in [6, 6.07) is 26.1. The molecule has 1 saturated heterocycles. The third-order valence-electron chi connectivity index (χ3n) is 19.7. The van der Waals surface area contributed by atoms with Crippen LogP contribution in [0.25, 0.3) is 12.2 Å². The Morgan fingerprint density at radius 3 is 1.50 bits per heavy atom. The molecule has 5 heterocycles. The van der Waals surface area contributed by atoms with Crippen LogP contribution in [0.1, 0.15) is 110 Å². The molecule has 0 aliphatic carbocycles. The van der Waals surface area contributed by atoms with E-state index in [1.54, 1.807) is 94.9 Å². The number of aliphatic carboxylic acids is 3. The molecule has 1 unspecified atom stereocenters. The zero-order valence-corrected chi connectivity index (χ0v) is 71.0. The monoisotopic (exact) mass is 1830 g/mol. The van der Waals surface area contributed by atoms with Crippen LogP contribution in [-0.2, 0) is 95.1 Å². The molecule has 4 aliphatic heterocycles. The highest BCUT2D eigenvalue weighted by atomic mass is 35.5. The standard InChI is InChI=1S/C30H26Cl2F2N2O5S.C28H28Cl2N6O5.C25H21Cl3N2O7S/c1-42(2,41)19-6-3-5-17(13-19)14-25(30(39)40)35-29(38)27-22(31)15-18-16-36(12-11-20(18)28(27)32)26(37)10-9-21-23(33)7-4-8-24(21)34;29-20-13-18-15-36(23(38)8-7-17-5-1-2-6-22(17)37)12-9-19(18)25(30)24(20)26(39)34-21(27(40)41)14-32-28(33-16-31)35-10-3-4-11-35;1-38(35,36)20-7-6-16(37-20)11-19(25(33)34)29-23(31)21-18(27)10-14-12-30(9-8-17(14)22(21)28)24(32)13-2-4-15(26)5-3-13/h3-10,13,15,25H,1,11-12,14,16H2,2H3,(H,35,38)(H,39,40);1-2,5-8,13,21,37H,3-4,9-12,14-15H2,(H,32,33)(H,34,39)(H,40,41);2-7,10,19H,8-9,11-12H2,1H3,(H,29,31)(H,33,34)/b10-9+;8-7+;/t25-,42?;21-;19-/m000/s1. The first-order chi connectivity index (χ1) is 57.3. The predicted molar refractivity (Wildman–Crippen MR) is 454 cm³/mol. The minimum Gasteiger partial charge on any atom is -0.507 e. The van der Waals surface area contributed by atoms with Crippen LogP contribution < -0.4 is 21.3 Å². The molecule has 7 aromatic carbocycles. The van der Waals surface area contributed by atoms with Gasteiger partial charge in [-0.25, -0.2) is 36.6 Å². The van der Waals surface area contributed by atoms with Crippen LogP contribution in [0.3, 0.4) is 0 Å². The van der Waals surface area contributed by atoms with Gasteiger partial charge in [-0.1, -0.05) is 118 Å². The summed E-state index contributed by atoms with van der Waals surface area (Å²) in [5, 5.41) is 58.2. The maximum absolute atomic E-state index is 13.9. The van der Waals surface area contributed by atoms with E-state index >= 15 is 0 Å². The van der Waals surface area contributed by atoms with E-state index in [1.807, 2.05) is 4.90 Å². The molecule has 0 radical (unpaired) electrons. The molecule has 634 valence electrons. The molecule has 4 aliphatic rings. The third kappa shape index (κ3) is 23.4. The highest BCUT2D eigenvalue weighted by Gasteiger charge is 2.35. The number of furan rings is 1. The van der Waals surface area contributed by atoms with Gasteiger partial charge in [0, 0.05) is 116 Å².